The van der Waals surface area contributed by atoms with E-state index >= 15 is 0 Å². The summed E-state index contributed by atoms with van der Waals surface area (Å²) < 4.78 is 5.63. The summed E-state index contributed by atoms with van der Waals surface area (Å²) >= 11 is 0. The molecular formula is C21H21N3O2. The van der Waals surface area contributed by atoms with E-state index in [1.807, 2.05) is 31.2 Å². The van der Waals surface area contributed by atoms with Crippen LogP contribution in [-0.2, 0) is 17.6 Å². The molecular weight excluding hydrogens is 326 g/mol. The fourth-order valence-corrected chi connectivity index (χ4v) is 3.46. The van der Waals surface area contributed by atoms with Crippen LogP contribution in [0.2, 0.25) is 0 Å². The van der Waals surface area contributed by atoms with E-state index in [9.17, 15) is 4.79 Å². The molecule has 5 nitrogen and oxygen atoms in total. The minimum absolute atomic E-state index is 0.0563. The molecule has 0 aliphatic heterocycles. The van der Waals surface area contributed by atoms with Crippen LogP contribution in [0.4, 0.5) is 0 Å². The van der Waals surface area contributed by atoms with Gasteiger partial charge in [0, 0.05) is 0 Å². The lowest BCUT2D eigenvalue weighted by atomic mass is 10.0. The van der Waals surface area contributed by atoms with Gasteiger partial charge in [-0.3, -0.25) is 4.79 Å². The van der Waals surface area contributed by atoms with Gasteiger partial charge in [-0.15, -0.1) is 0 Å². The number of rotatable bonds is 5. The first-order valence-electron chi connectivity index (χ1n) is 8.94. The second-order valence-electron chi connectivity index (χ2n) is 6.66. The number of nitrogens with one attached hydrogen (secondary N) is 1. The number of fused-ring (bicyclic) bond motifs is 2. The van der Waals surface area contributed by atoms with E-state index in [0.29, 0.717) is 5.88 Å². The van der Waals surface area contributed by atoms with Crippen molar-refractivity contribution in [2.24, 2.45) is 0 Å². The van der Waals surface area contributed by atoms with Gasteiger partial charge in [-0.25, -0.2) is 9.97 Å². The molecule has 132 valence electrons. The number of hydrogen-bond donors (Lipinski definition) is 1. The maximum atomic E-state index is 12.3. The van der Waals surface area contributed by atoms with Crippen molar-refractivity contribution in [3.63, 3.8) is 0 Å². The average molecular weight is 347 g/mol. The summed E-state index contributed by atoms with van der Waals surface area (Å²) in [5.41, 5.74) is 4.77. The highest BCUT2D eigenvalue weighted by Gasteiger charge is 2.15. The van der Waals surface area contributed by atoms with Crippen LogP contribution in [0.15, 0.2) is 48.8 Å². The topological polar surface area (TPSA) is 64.1 Å². The van der Waals surface area contributed by atoms with E-state index < -0.39 is 0 Å². The first-order valence-corrected chi connectivity index (χ1v) is 8.94. The molecule has 1 aromatic heterocycles. The molecule has 1 aliphatic carbocycles. The standard InChI is InChI=1S/C21H21N3O2/c1-14(16-10-9-15-5-4-6-17(15)11-16)24-20(25)12-26-21-18-7-2-3-8-19(18)22-13-23-21/h2-3,7-11,13-14H,4-6,12H2,1H3,(H,24,25)/t14-/m1/s1. The highest BCUT2D eigenvalue weighted by Crippen LogP contribution is 2.25. The van der Waals surface area contributed by atoms with Gasteiger partial charge >= 0.3 is 0 Å². The largest absolute Gasteiger partial charge is 0.467 e. The van der Waals surface area contributed by atoms with Crippen LogP contribution in [0.5, 0.6) is 5.88 Å². The van der Waals surface area contributed by atoms with Gasteiger partial charge in [-0.2, -0.15) is 0 Å². The summed E-state index contributed by atoms with van der Waals surface area (Å²) in [6, 6.07) is 14.0. The molecule has 1 atom stereocenters. The minimum atomic E-state index is -0.166. The van der Waals surface area contributed by atoms with E-state index in [1.165, 1.54) is 23.9 Å². The van der Waals surface area contributed by atoms with E-state index in [0.717, 1.165) is 29.3 Å². The number of ether oxygens (including phenoxy) is 1. The molecule has 1 amide bonds. The van der Waals surface area contributed by atoms with Gasteiger partial charge in [-0.1, -0.05) is 30.3 Å². The van der Waals surface area contributed by atoms with Crippen LogP contribution < -0.4 is 10.1 Å². The molecule has 1 aliphatic rings. The Hall–Kier alpha value is -2.95. The quantitative estimate of drug-likeness (QED) is 0.768. The van der Waals surface area contributed by atoms with E-state index in [-0.39, 0.29) is 18.6 Å². The van der Waals surface area contributed by atoms with Gasteiger partial charge in [0.15, 0.2) is 6.61 Å². The van der Waals surface area contributed by atoms with Crippen LogP contribution >= 0.6 is 0 Å². The number of hydrogen-bond acceptors (Lipinski definition) is 4. The van der Waals surface area contributed by atoms with E-state index in [4.69, 9.17) is 4.74 Å². The van der Waals surface area contributed by atoms with Crippen molar-refractivity contribution in [1.29, 1.82) is 0 Å². The average Bonchev–Trinajstić information content (AvgIpc) is 3.14. The van der Waals surface area contributed by atoms with Crippen molar-refractivity contribution >= 4 is 16.8 Å². The lowest BCUT2D eigenvalue weighted by Crippen LogP contribution is -2.31. The summed E-state index contributed by atoms with van der Waals surface area (Å²) in [6.45, 7) is 1.92. The van der Waals surface area contributed by atoms with Gasteiger partial charge in [0.05, 0.1) is 16.9 Å². The molecule has 0 saturated heterocycles. The van der Waals surface area contributed by atoms with Crippen LogP contribution in [0.1, 0.15) is 36.1 Å². The molecule has 0 spiro atoms. The highest BCUT2D eigenvalue weighted by molar-refractivity contribution is 5.84. The summed E-state index contributed by atoms with van der Waals surface area (Å²) in [7, 11) is 0. The van der Waals surface area contributed by atoms with Gasteiger partial charge in [0.2, 0.25) is 5.88 Å². The Kier molecular flexibility index (Phi) is 4.52. The zero-order valence-electron chi connectivity index (χ0n) is 14.7. The molecule has 4 rings (SSSR count). The Morgan fingerprint density at radius 1 is 1.15 bits per heavy atom. The predicted octanol–water partition coefficient (Wildman–Crippen LogP) is 3.37. The predicted molar refractivity (Wildman–Crippen MR) is 100 cm³/mol. The van der Waals surface area contributed by atoms with Crippen molar-refractivity contribution in [2.75, 3.05) is 6.61 Å². The lowest BCUT2D eigenvalue weighted by Gasteiger charge is -2.16. The zero-order valence-corrected chi connectivity index (χ0v) is 14.7. The summed E-state index contributed by atoms with van der Waals surface area (Å²) in [5, 5.41) is 3.80. The lowest BCUT2D eigenvalue weighted by molar-refractivity contribution is -0.123. The molecule has 26 heavy (non-hydrogen) atoms. The summed E-state index contributed by atoms with van der Waals surface area (Å²) in [6.07, 6.45) is 4.97. The first kappa shape index (κ1) is 16.5. The molecule has 0 unspecified atom stereocenters. The molecule has 0 bridgehead atoms. The maximum Gasteiger partial charge on any atom is 0.258 e. The third kappa shape index (κ3) is 3.38. The molecule has 2 aromatic carbocycles. The molecule has 3 aromatic rings. The second kappa shape index (κ2) is 7.12. The third-order valence-electron chi connectivity index (χ3n) is 4.85. The van der Waals surface area contributed by atoms with Gasteiger partial charge in [0.25, 0.3) is 5.91 Å². The Balaban J connectivity index is 1.39. The van der Waals surface area contributed by atoms with Crippen molar-refractivity contribution in [3.05, 3.63) is 65.5 Å². The normalized spacial score (nSPS) is 14.0. The molecule has 0 saturated carbocycles. The number of para-hydroxylation sites is 1. The fraction of sp³-hybridized carbons (Fsp3) is 0.286. The minimum Gasteiger partial charge on any atom is -0.467 e. The highest BCUT2D eigenvalue weighted by atomic mass is 16.5. The van der Waals surface area contributed by atoms with E-state index in [2.05, 4.69) is 33.5 Å². The van der Waals surface area contributed by atoms with Crippen molar-refractivity contribution in [2.45, 2.75) is 32.2 Å². The number of aryl methyl sites for hydroxylation is 2. The fourth-order valence-electron chi connectivity index (χ4n) is 3.46. The SMILES string of the molecule is C[C@@H](NC(=O)COc1ncnc2ccccc12)c1ccc2c(c1)CCC2. The summed E-state index contributed by atoms with van der Waals surface area (Å²) in [4.78, 5) is 20.6. The van der Waals surface area contributed by atoms with Crippen molar-refractivity contribution in [3.8, 4) is 5.88 Å². The number of nitrogens with zero attached hydrogens (tertiary/aromatic N) is 2. The first-order chi connectivity index (χ1) is 12.7. The molecule has 5 heteroatoms. The van der Waals surface area contributed by atoms with Gasteiger partial charge < -0.3 is 10.1 Å². The van der Waals surface area contributed by atoms with E-state index in [1.54, 1.807) is 0 Å². The Morgan fingerprint density at radius 3 is 2.92 bits per heavy atom. The molecule has 0 fully saturated rings. The zero-order chi connectivity index (χ0) is 17.9. The second-order valence-corrected chi connectivity index (χ2v) is 6.66. The van der Waals surface area contributed by atoms with Gasteiger partial charge in [0.1, 0.15) is 6.33 Å². The third-order valence-corrected chi connectivity index (χ3v) is 4.85. The smallest absolute Gasteiger partial charge is 0.258 e. The number of carbonyl (C=O) groups is 1. The Bertz CT molecular complexity index is 950. The number of benzene rings is 2. The van der Waals surface area contributed by atoms with Crippen LogP contribution in [0, 0.1) is 0 Å². The Morgan fingerprint density at radius 2 is 2.00 bits per heavy atom. The monoisotopic (exact) mass is 347 g/mol. The number of carbonyl (C=O) groups excluding carboxylic acids is 1. The maximum absolute atomic E-state index is 12.3. The number of amides is 1. The summed E-state index contributed by atoms with van der Waals surface area (Å²) in [5.74, 6) is 0.261. The van der Waals surface area contributed by atoms with Crippen LogP contribution in [0.3, 0.4) is 0 Å². The van der Waals surface area contributed by atoms with Crippen LogP contribution in [0.25, 0.3) is 10.9 Å². The molecule has 1 N–H and O–H groups in total. The number of aromatic nitrogens is 2. The molecule has 1 heterocycles. The van der Waals surface area contributed by atoms with Gasteiger partial charge in [-0.05, 0) is 55.0 Å². The van der Waals surface area contributed by atoms with Crippen molar-refractivity contribution in [1.82, 2.24) is 15.3 Å². The van der Waals surface area contributed by atoms with Crippen molar-refractivity contribution < 1.29 is 9.53 Å². The Labute approximate surface area is 152 Å². The molecule has 0 radical (unpaired) electrons. The van der Waals surface area contributed by atoms with Crippen LogP contribution in [-0.4, -0.2) is 22.5 Å².